The van der Waals surface area contributed by atoms with Crippen LogP contribution in [-0.2, 0) is 11.3 Å². The molecular weight excluding hydrogens is 246 g/mol. The molecular formula is C14H21NO2S. The molecule has 0 radical (unpaired) electrons. The molecule has 1 rings (SSSR count). The van der Waals surface area contributed by atoms with Crippen molar-refractivity contribution in [1.82, 2.24) is 5.32 Å². The lowest BCUT2D eigenvalue weighted by atomic mass is 10.1. The first-order valence-electron chi connectivity index (χ1n) is 6.32. The Morgan fingerprint density at radius 3 is 2.50 bits per heavy atom. The third-order valence-corrected chi connectivity index (χ3v) is 3.69. The maximum atomic E-state index is 10.8. The molecule has 0 bridgehead atoms. The summed E-state index contributed by atoms with van der Waals surface area (Å²) in [6.07, 6.45) is 0.661. The summed E-state index contributed by atoms with van der Waals surface area (Å²) in [5.41, 5.74) is 1.19. The molecule has 0 saturated heterocycles. The second-order valence-corrected chi connectivity index (χ2v) is 5.49. The maximum Gasteiger partial charge on any atom is 0.307 e. The summed E-state index contributed by atoms with van der Waals surface area (Å²) < 4.78 is 0. The van der Waals surface area contributed by atoms with E-state index in [1.54, 1.807) is 0 Å². The summed E-state index contributed by atoms with van der Waals surface area (Å²) >= 11 is 1.82. The van der Waals surface area contributed by atoms with Crippen molar-refractivity contribution in [3.05, 3.63) is 29.8 Å². The first kappa shape index (κ1) is 15.1. The van der Waals surface area contributed by atoms with Crippen molar-refractivity contribution in [3.63, 3.8) is 0 Å². The van der Waals surface area contributed by atoms with E-state index in [9.17, 15) is 4.79 Å². The van der Waals surface area contributed by atoms with Crippen LogP contribution in [0.25, 0.3) is 0 Å². The van der Waals surface area contributed by atoms with Gasteiger partial charge in [0.05, 0.1) is 5.92 Å². The van der Waals surface area contributed by atoms with E-state index in [0.29, 0.717) is 13.0 Å². The number of carboxylic acid groups (broad SMARTS) is 1. The van der Waals surface area contributed by atoms with Crippen LogP contribution in [0.5, 0.6) is 0 Å². The van der Waals surface area contributed by atoms with E-state index in [1.807, 2.05) is 18.7 Å². The molecule has 0 aromatic heterocycles. The summed E-state index contributed by atoms with van der Waals surface area (Å²) in [6, 6.07) is 8.40. The van der Waals surface area contributed by atoms with Crippen molar-refractivity contribution in [2.24, 2.45) is 5.92 Å². The van der Waals surface area contributed by atoms with Crippen LogP contribution in [0, 0.1) is 5.92 Å². The highest BCUT2D eigenvalue weighted by molar-refractivity contribution is 7.99. The fraction of sp³-hybridized carbons (Fsp3) is 0.500. The molecule has 0 aliphatic carbocycles. The molecule has 0 fully saturated rings. The Bertz CT molecular complexity index is 365. The fourth-order valence-corrected chi connectivity index (χ4v) is 2.33. The normalized spacial score (nSPS) is 12.3. The number of nitrogens with one attached hydrogen (secondary N) is 1. The van der Waals surface area contributed by atoms with Gasteiger partial charge in [-0.2, -0.15) is 0 Å². The van der Waals surface area contributed by atoms with Crippen LogP contribution in [0.3, 0.4) is 0 Å². The zero-order valence-corrected chi connectivity index (χ0v) is 11.8. The van der Waals surface area contributed by atoms with Gasteiger partial charge in [-0.05, 0) is 29.9 Å². The summed E-state index contributed by atoms with van der Waals surface area (Å²) in [5.74, 6) is 0.0635. The maximum absolute atomic E-state index is 10.8. The van der Waals surface area contributed by atoms with E-state index >= 15 is 0 Å². The highest BCUT2D eigenvalue weighted by atomic mass is 32.2. The van der Waals surface area contributed by atoms with E-state index in [4.69, 9.17) is 5.11 Å². The number of aliphatic carboxylic acids is 1. The van der Waals surface area contributed by atoms with E-state index in [-0.39, 0.29) is 5.92 Å². The molecule has 1 unspecified atom stereocenters. The van der Waals surface area contributed by atoms with Gasteiger partial charge in [0.2, 0.25) is 0 Å². The lowest BCUT2D eigenvalue weighted by Crippen LogP contribution is -2.27. The van der Waals surface area contributed by atoms with Gasteiger partial charge in [0, 0.05) is 18.0 Å². The van der Waals surface area contributed by atoms with Crippen molar-refractivity contribution in [2.45, 2.75) is 31.7 Å². The van der Waals surface area contributed by atoms with Crippen molar-refractivity contribution in [1.29, 1.82) is 0 Å². The number of carbonyl (C=O) groups is 1. The molecule has 4 heteroatoms. The third kappa shape index (κ3) is 5.10. The predicted molar refractivity (Wildman–Crippen MR) is 76.0 cm³/mol. The van der Waals surface area contributed by atoms with Crippen molar-refractivity contribution < 1.29 is 9.90 Å². The average molecular weight is 267 g/mol. The number of rotatable bonds is 8. The molecule has 0 heterocycles. The van der Waals surface area contributed by atoms with Crippen molar-refractivity contribution in [3.8, 4) is 0 Å². The van der Waals surface area contributed by atoms with Crippen LogP contribution in [0.15, 0.2) is 29.2 Å². The van der Waals surface area contributed by atoms with Crippen LogP contribution in [-0.4, -0.2) is 23.4 Å². The topological polar surface area (TPSA) is 49.3 Å². The second-order valence-electron chi connectivity index (χ2n) is 4.15. The largest absolute Gasteiger partial charge is 0.481 e. The highest BCUT2D eigenvalue weighted by Crippen LogP contribution is 2.17. The minimum Gasteiger partial charge on any atom is -0.481 e. The molecule has 0 amide bonds. The first-order valence-corrected chi connectivity index (χ1v) is 7.31. The lowest BCUT2D eigenvalue weighted by Gasteiger charge is -2.11. The zero-order valence-electron chi connectivity index (χ0n) is 11.0. The Morgan fingerprint density at radius 1 is 1.33 bits per heavy atom. The smallest absolute Gasteiger partial charge is 0.307 e. The SMILES string of the molecule is CCSc1ccc(CNCC(CC)C(=O)O)cc1. The minimum absolute atomic E-state index is 0.292. The zero-order chi connectivity index (χ0) is 13.4. The van der Waals surface area contributed by atoms with Crippen LogP contribution < -0.4 is 5.32 Å². The predicted octanol–water partition coefficient (Wildman–Crippen LogP) is 3.00. The van der Waals surface area contributed by atoms with Gasteiger partial charge in [-0.25, -0.2) is 0 Å². The molecule has 0 spiro atoms. The van der Waals surface area contributed by atoms with Gasteiger partial charge in [0.15, 0.2) is 0 Å². The second kappa shape index (κ2) is 8.16. The fourth-order valence-electron chi connectivity index (χ4n) is 1.67. The Kier molecular flexibility index (Phi) is 6.83. The van der Waals surface area contributed by atoms with Gasteiger partial charge in [-0.15, -0.1) is 11.8 Å². The molecule has 100 valence electrons. The summed E-state index contributed by atoms with van der Waals surface area (Å²) in [6.45, 7) is 5.28. The first-order chi connectivity index (χ1) is 8.67. The molecule has 0 aliphatic rings. The molecule has 0 saturated carbocycles. The van der Waals surface area contributed by atoms with Gasteiger partial charge in [0.25, 0.3) is 0 Å². The van der Waals surface area contributed by atoms with Gasteiger partial charge in [0.1, 0.15) is 0 Å². The quantitative estimate of drug-likeness (QED) is 0.711. The molecule has 3 nitrogen and oxygen atoms in total. The van der Waals surface area contributed by atoms with E-state index < -0.39 is 5.97 Å². The van der Waals surface area contributed by atoms with Crippen LogP contribution >= 0.6 is 11.8 Å². The summed E-state index contributed by atoms with van der Waals surface area (Å²) in [4.78, 5) is 12.1. The molecule has 1 atom stereocenters. The molecule has 2 N–H and O–H groups in total. The van der Waals surface area contributed by atoms with E-state index in [1.165, 1.54) is 10.5 Å². The monoisotopic (exact) mass is 267 g/mol. The van der Waals surface area contributed by atoms with Crippen molar-refractivity contribution in [2.75, 3.05) is 12.3 Å². The highest BCUT2D eigenvalue weighted by Gasteiger charge is 2.13. The van der Waals surface area contributed by atoms with E-state index in [0.717, 1.165) is 12.3 Å². The van der Waals surface area contributed by atoms with Gasteiger partial charge in [-0.1, -0.05) is 26.0 Å². The number of hydrogen-bond acceptors (Lipinski definition) is 3. The molecule has 1 aromatic rings. The van der Waals surface area contributed by atoms with Gasteiger partial charge >= 0.3 is 5.97 Å². The van der Waals surface area contributed by atoms with Crippen LogP contribution in [0.4, 0.5) is 0 Å². The molecule has 0 aliphatic heterocycles. The average Bonchev–Trinajstić information content (AvgIpc) is 2.36. The number of benzene rings is 1. The molecule has 1 aromatic carbocycles. The number of hydrogen-bond donors (Lipinski definition) is 2. The van der Waals surface area contributed by atoms with Gasteiger partial charge in [-0.3, -0.25) is 4.79 Å². The summed E-state index contributed by atoms with van der Waals surface area (Å²) in [5, 5.41) is 12.1. The summed E-state index contributed by atoms with van der Waals surface area (Å²) in [7, 11) is 0. The van der Waals surface area contributed by atoms with Crippen LogP contribution in [0.2, 0.25) is 0 Å². The third-order valence-electron chi connectivity index (χ3n) is 2.80. The van der Waals surface area contributed by atoms with Crippen LogP contribution in [0.1, 0.15) is 25.8 Å². The minimum atomic E-state index is -0.723. The number of thioether (sulfide) groups is 1. The molecule has 18 heavy (non-hydrogen) atoms. The number of carboxylic acids is 1. The van der Waals surface area contributed by atoms with Crippen molar-refractivity contribution >= 4 is 17.7 Å². The Morgan fingerprint density at radius 2 is 2.00 bits per heavy atom. The van der Waals surface area contributed by atoms with E-state index in [2.05, 4.69) is 36.5 Å². The Hall–Kier alpha value is -1.00. The Balaban J connectivity index is 2.37. The standard InChI is InChI=1S/C14H21NO2S/c1-3-12(14(16)17)10-15-9-11-5-7-13(8-6-11)18-4-2/h5-8,12,15H,3-4,9-10H2,1-2H3,(H,16,17). The Labute approximate surface area is 113 Å². The van der Waals surface area contributed by atoms with Gasteiger partial charge < -0.3 is 10.4 Å². The lowest BCUT2D eigenvalue weighted by molar-refractivity contribution is -0.141.